The number of rotatable bonds is 6. The number of aromatic nitrogens is 2. The summed E-state index contributed by atoms with van der Waals surface area (Å²) in [7, 11) is 0. The molecule has 0 aliphatic heterocycles. The number of imidazole rings is 1. The lowest BCUT2D eigenvalue weighted by atomic mass is 10.2. The van der Waals surface area contributed by atoms with Crippen LogP contribution >= 0.6 is 11.8 Å². The molecule has 0 saturated heterocycles. The fourth-order valence-corrected chi connectivity index (χ4v) is 3.09. The number of H-pyrrole nitrogens is 1. The minimum atomic E-state index is -0.296. The summed E-state index contributed by atoms with van der Waals surface area (Å²) in [5.41, 5.74) is 2.83. The van der Waals surface area contributed by atoms with Crippen LogP contribution < -0.4 is 5.32 Å². The molecule has 2 aromatic carbocycles. The molecule has 1 atom stereocenters. The van der Waals surface area contributed by atoms with Crippen LogP contribution in [-0.4, -0.2) is 21.1 Å². The molecule has 0 spiro atoms. The standard InChI is InChI=1S/C19H18FN3OS/c1-13(18(24)21-11-14-7-9-16(20)10-8-14)25-19-22-12-17(23-19)15-5-3-2-4-6-15/h2-10,12-13H,11H2,1H3,(H,21,24)(H,22,23). The molecular formula is C19H18FN3OS. The molecule has 1 aromatic heterocycles. The summed E-state index contributed by atoms with van der Waals surface area (Å²) >= 11 is 1.37. The second kappa shape index (κ2) is 7.98. The van der Waals surface area contributed by atoms with Crippen LogP contribution in [-0.2, 0) is 11.3 Å². The van der Waals surface area contributed by atoms with Gasteiger partial charge in [-0.05, 0) is 30.2 Å². The van der Waals surface area contributed by atoms with Crippen molar-refractivity contribution in [3.63, 3.8) is 0 Å². The van der Waals surface area contributed by atoms with Crippen molar-refractivity contribution in [3.05, 3.63) is 72.2 Å². The SMILES string of the molecule is CC(Sc1ncc(-c2ccccc2)[nH]1)C(=O)NCc1ccc(F)cc1. The number of carbonyl (C=O) groups is 1. The molecule has 0 bridgehead atoms. The molecule has 2 N–H and O–H groups in total. The largest absolute Gasteiger partial charge is 0.351 e. The van der Waals surface area contributed by atoms with Crippen LogP contribution in [0.2, 0.25) is 0 Å². The highest BCUT2D eigenvalue weighted by atomic mass is 32.2. The van der Waals surface area contributed by atoms with Crippen LogP contribution in [0.15, 0.2) is 66.0 Å². The van der Waals surface area contributed by atoms with Crippen LogP contribution in [0.3, 0.4) is 0 Å². The van der Waals surface area contributed by atoms with Gasteiger partial charge in [-0.2, -0.15) is 0 Å². The lowest BCUT2D eigenvalue weighted by Gasteiger charge is -2.10. The predicted molar refractivity (Wildman–Crippen MR) is 97.6 cm³/mol. The third-order valence-corrected chi connectivity index (χ3v) is 4.67. The summed E-state index contributed by atoms with van der Waals surface area (Å²) < 4.78 is 12.9. The first kappa shape index (κ1) is 17.2. The fourth-order valence-electron chi connectivity index (χ4n) is 2.28. The molecule has 0 aliphatic carbocycles. The Balaban J connectivity index is 1.54. The molecule has 6 heteroatoms. The highest BCUT2D eigenvalue weighted by Gasteiger charge is 2.16. The molecule has 0 aliphatic rings. The van der Waals surface area contributed by atoms with E-state index in [0.29, 0.717) is 11.7 Å². The zero-order valence-corrected chi connectivity index (χ0v) is 14.5. The second-order valence-electron chi connectivity index (χ2n) is 5.57. The minimum absolute atomic E-state index is 0.0908. The van der Waals surface area contributed by atoms with E-state index in [-0.39, 0.29) is 17.0 Å². The molecule has 0 fully saturated rings. The fraction of sp³-hybridized carbons (Fsp3) is 0.158. The number of hydrogen-bond acceptors (Lipinski definition) is 3. The van der Waals surface area contributed by atoms with Gasteiger partial charge >= 0.3 is 0 Å². The van der Waals surface area contributed by atoms with E-state index in [9.17, 15) is 9.18 Å². The van der Waals surface area contributed by atoms with Gasteiger partial charge in [0.05, 0.1) is 17.1 Å². The van der Waals surface area contributed by atoms with Crippen molar-refractivity contribution in [1.29, 1.82) is 0 Å². The summed E-state index contributed by atoms with van der Waals surface area (Å²) in [4.78, 5) is 19.8. The maximum absolute atomic E-state index is 12.9. The van der Waals surface area contributed by atoms with Gasteiger partial charge < -0.3 is 10.3 Å². The Bertz CT molecular complexity index is 833. The highest BCUT2D eigenvalue weighted by Crippen LogP contribution is 2.24. The van der Waals surface area contributed by atoms with E-state index in [1.54, 1.807) is 18.3 Å². The highest BCUT2D eigenvalue weighted by molar-refractivity contribution is 8.00. The van der Waals surface area contributed by atoms with Crippen molar-refractivity contribution >= 4 is 17.7 Å². The molecule has 1 heterocycles. The van der Waals surface area contributed by atoms with Crippen molar-refractivity contribution in [2.75, 3.05) is 0 Å². The first-order valence-corrected chi connectivity index (χ1v) is 8.79. The van der Waals surface area contributed by atoms with Gasteiger partial charge in [-0.25, -0.2) is 9.37 Å². The van der Waals surface area contributed by atoms with Crippen molar-refractivity contribution in [1.82, 2.24) is 15.3 Å². The van der Waals surface area contributed by atoms with Gasteiger partial charge in [0.25, 0.3) is 0 Å². The third-order valence-electron chi connectivity index (χ3n) is 3.67. The second-order valence-corrected chi connectivity index (χ2v) is 6.90. The normalized spacial score (nSPS) is 11.9. The zero-order valence-electron chi connectivity index (χ0n) is 13.7. The first-order valence-electron chi connectivity index (χ1n) is 7.91. The lowest BCUT2D eigenvalue weighted by Crippen LogP contribution is -2.30. The van der Waals surface area contributed by atoms with Gasteiger partial charge in [0, 0.05) is 6.54 Å². The monoisotopic (exact) mass is 355 g/mol. The number of aromatic amines is 1. The molecule has 0 saturated carbocycles. The summed E-state index contributed by atoms with van der Waals surface area (Å²) in [6.45, 7) is 2.20. The summed E-state index contributed by atoms with van der Waals surface area (Å²) in [5, 5.41) is 3.25. The minimum Gasteiger partial charge on any atom is -0.351 e. The van der Waals surface area contributed by atoms with Crippen LogP contribution in [0.1, 0.15) is 12.5 Å². The average molecular weight is 355 g/mol. The summed E-state index contributed by atoms with van der Waals surface area (Å²) in [5.74, 6) is -0.377. The van der Waals surface area contributed by atoms with Gasteiger partial charge in [0.15, 0.2) is 5.16 Å². The molecule has 3 rings (SSSR count). The van der Waals surface area contributed by atoms with E-state index in [2.05, 4.69) is 15.3 Å². The Kier molecular flexibility index (Phi) is 5.50. The molecule has 1 unspecified atom stereocenters. The first-order chi connectivity index (χ1) is 12.1. The van der Waals surface area contributed by atoms with Gasteiger partial charge in [-0.3, -0.25) is 4.79 Å². The number of carbonyl (C=O) groups excluding carboxylic acids is 1. The summed E-state index contributed by atoms with van der Waals surface area (Å²) in [6.07, 6.45) is 1.76. The Labute approximate surface area is 149 Å². The van der Waals surface area contributed by atoms with E-state index in [1.165, 1.54) is 23.9 Å². The average Bonchev–Trinajstić information content (AvgIpc) is 3.10. The number of hydrogen-bond donors (Lipinski definition) is 2. The third kappa shape index (κ3) is 4.70. The smallest absolute Gasteiger partial charge is 0.233 e. The van der Waals surface area contributed by atoms with E-state index in [4.69, 9.17) is 0 Å². The van der Waals surface area contributed by atoms with Crippen LogP contribution in [0, 0.1) is 5.82 Å². The molecule has 0 radical (unpaired) electrons. The predicted octanol–water partition coefficient (Wildman–Crippen LogP) is 4.01. The molecule has 25 heavy (non-hydrogen) atoms. The Morgan fingerprint density at radius 1 is 1.20 bits per heavy atom. The molecule has 3 aromatic rings. The molecule has 128 valence electrons. The van der Waals surface area contributed by atoms with Crippen molar-refractivity contribution in [2.45, 2.75) is 23.9 Å². The number of nitrogens with one attached hydrogen (secondary N) is 2. The number of nitrogens with zero attached hydrogens (tertiary/aromatic N) is 1. The van der Waals surface area contributed by atoms with Gasteiger partial charge in [-0.1, -0.05) is 54.2 Å². The molecule has 1 amide bonds. The van der Waals surface area contributed by atoms with Crippen LogP contribution in [0.5, 0.6) is 0 Å². The zero-order chi connectivity index (χ0) is 17.6. The Hall–Kier alpha value is -2.60. The Morgan fingerprint density at radius 3 is 2.64 bits per heavy atom. The maximum atomic E-state index is 12.9. The molecular weight excluding hydrogens is 337 g/mol. The van der Waals surface area contributed by atoms with Crippen molar-refractivity contribution in [3.8, 4) is 11.3 Å². The topological polar surface area (TPSA) is 57.8 Å². The van der Waals surface area contributed by atoms with Crippen LogP contribution in [0.4, 0.5) is 4.39 Å². The van der Waals surface area contributed by atoms with E-state index >= 15 is 0 Å². The van der Waals surface area contributed by atoms with Crippen LogP contribution in [0.25, 0.3) is 11.3 Å². The van der Waals surface area contributed by atoms with Gasteiger partial charge in [0.1, 0.15) is 5.82 Å². The van der Waals surface area contributed by atoms with E-state index in [0.717, 1.165) is 16.8 Å². The van der Waals surface area contributed by atoms with E-state index < -0.39 is 0 Å². The number of halogens is 1. The van der Waals surface area contributed by atoms with Gasteiger partial charge in [-0.15, -0.1) is 0 Å². The Morgan fingerprint density at radius 2 is 1.92 bits per heavy atom. The quantitative estimate of drug-likeness (QED) is 0.657. The summed E-state index contributed by atoms with van der Waals surface area (Å²) in [6, 6.07) is 16.0. The number of amides is 1. The lowest BCUT2D eigenvalue weighted by molar-refractivity contribution is -0.120. The van der Waals surface area contributed by atoms with E-state index in [1.807, 2.05) is 37.3 Å². The number of benzene rings is 2. The van der Waals surface area contributed by atoms with Gasteiger partial charge in [0.2, 0.25) is 5.91 Å². The van der Waals surface area contributed by atoms with Crippen molar-refractivity contribution in [2.24, 2.45) is 0 Å². The maximum Gasteiger partial charge on any atom is 0.233 e. The van der Waals surface area contributed by atoms with Crippen molar-refractivity contribution < 1.29 is 9.18 Å². The number of thioether (sulfide) groups is 1. The molecule has 4 nitrogen and oxygen atoms in total.